The van der Waals surface area contributed by atoms with E-state index in [9.17, 15) is 20.4 Å². The van der Waals surface area contributed by atoms with Crippen LogP contribution in [0.1, 0.15) is 56.1 Å². The van der Waals surface area contributed by atoms with Crippen LogP contribution in [-0.2, 0) is 17.6 Å². The van der Waals surface area contributed by atoms with Crippen LogP contribution >= 0.6 is 0 Å². The molecule has 2 atom stereocenters. The number of hydrogen-bond acceptors (Lipinski definition) is 8. The third kappa shape index (κ3) is 7.92. The molecule has 1 fully saturated rings. The highest BCUT2D eigenvalue weighted by atomic mass is 16.6. The number of aliphatic hydroxyl groups is 2. The van der Waals surface area contributed by atoms with E-state index in [2.05, 4.69) is 0 Å². The van der Waals surface area contributed by atoms with Gasteiger partial charge in [0.2, 0.25) is 5.75 Å². The Morgan fingerprint density at radius 3 is 2.14 bits per heavy atom. The maximum atomic E-state index is 10.6. The summed E-state index contributed by atoms with van der Waals surface area (Å²) in [6.45, 7) is -0.421. The molecule has 0 bridgehead atoms. The van der Waals surface area contributed by atoms with Gasteiger partial charge in [-0.15, -0.1) is 0 Å². The lowest BCUT2D eigenvalue weighted by Gasteiger charge is -2.21. The topological polar surface area (TPSA) is 118 Å². The third-order valence-corrected chi connectivity index (χ3v) is 6.53. The highest BCUT2D eigenvalue weighted by molar-refractivity contribution is 5.52. The predicted molar refractivity (Wildman–Crippen MR) is 131 cm³/mol. The molecule has 0 spiro atoms. The van der Waals surface area contributed by atoms with Gasteiger partial charge in [-0.1, -0.05) is 6.07 Å². The van der Waals surface area contributed by atoms with Gasteiger partial charge in [0.15, 0.2) is 23.0 Å². The van der Waals surface area contributed by atoms with E-state index in [4.69, 9.17) is 18.9 Å². The summed E-state index contributed by atoms with van der Waals surface area (Å²) < 4.78 is 21.9. The first-order valence-corrected chi connectivity index (χ1v) is 12.3. The molecular weight excluding hydrogens is 452 g/mol. The first-order chi connectivity index (χ1) is 16.9. The molecule has 0 saturated heterocycles. The Bertz CT molecular complexity index is 900. The minimum absolute atomic E-state index is 0.0539. The Morgan fingerprint density at radius 1 is 0.886 bits per heavy atom. The van der Waals surface area contributed by atoms with Crippen LogP contribution in [0.4, 0.5) is 0 Å². The molecular formula is C27H38O8. The minimum atomic E-state index is -0.640. The fourth-order valence-electron chi connectivity index (χ4n) is 4.54. The first kappa shape index (κ1) is 26.9. The molecule has 35 heavy (non-hydrogen) atoms. The number of aromatic hydroxyl groups is 2. The number of hydrogen-bond donors (Lipinski definition) is 4. The molecule has 1 aliphatic rings. The van der Waals surface area contributed by atoms with Crippen molar-refractivity contribution in [3.63, 3.8) is 0 Å². The van der Waals surface area contributed by atoms with E-state index in [1.165, 1.54) is 14.2 Å². The maximum absolute atomic E-state index is 10.6. The van der Waals surface area contributed by atoms with Crippen molar-refractivity contribution in [3.05, 3.63) is 41.5 Å². The number of phenolic OH excluding ortho intramolecular Hbond substituents is 2. The van der Waals surface area contributed by atoms with Crippen molar-refractivity contribution in [2.75, 3.05) is 21.0 Å². The maximum Gasteiger partial charge on any atom is 0.200 e. The van der Waals surface area contributed by atoms with Gasteiger partial charge in [0.05, 0.1) is 32.5 Å². The highest BCUT2D eigenvalue weighted by Gasteiger charge is 2.20. The number of rotatable bonds is 14. The van der Waals surface area contributed by atoms with Gasteiger partial charge in [-0.3, -0.25) is 0 Å². The Hall–Kier alpha value is -2.68. The second-order valence-corrected chi connectivity index (χ2v) is 9.06. The van der Waals surface area contributed by atoms with Crippen LogP contribution in [0.3, 0.4) is 0 Å². The number of methoxy groups -OCH3 is 2. The van der Waals surface area contributed by atoms with Gasteiger partial charge in [0.25, 0.3) is 0 Å². The molecule has 0 heterocycles. The smallest absolute Gasteiger partial charge is 0.200 e. The van der Waals surface area contributed by atoms with Crippen LogP contribution in [0.25, 0.3) is 0 Å². The molecule has 2 aromatic rings. The fourth-order valence-corrected chi connectivity index (χ4v) is 4.54. The largest absolute Gasteiger partial charge is 0.504 e. The zero-order valence-corrected chi connectivity index (χ0v) is 20.6. The summed E-state index contributed by atoms with van der Waals surface area (Å²) in [6, 6.07) is 8.82. The lowest BCUT2D eigenvalue weighted by atomic mass is 9.98. The summed E-state index contributed by atoms with van der Waals surface area (Å²) in [7, 11) is 2.95. The molecule has 194 valence electrons. The van der Waals surface area contributed by atoms with E-state index in [1.54, 1.807) is 18.2 Å². The van der Waals surface area contributed by atoms with Gasteiger partial charge < -0.3 is 39.4 Å². The van der Waals surface area contributed by atoms with Gasteiger partial charge in [-0.2, -0.15) is 0 Å². The number of aliphatic hydroxyl groups excluding tert-OH is 2. The summed E-state index contributed by atoms with van der Waals surface area (Å²) in [4.78, 5) is 0. The second kappa shape index (κ2) is 13.4. The molecule has 1 aliphatic carbocycles. The Labute approximate surface area is 207 Å². The molecule has 4 N–H and O–H groups in total. The van der Waals surface area contributed by atoms with Crippen LogP contribution in [0, 0.1) is 0 Å². The van der Waals surface area contributed by atoms with Crippen molar-refractivity contribution in [3.8, 4) is 28.7 Å². The first-order valence-electron chi connectivity index (χ1n) is 12.3. The summed E-state index contributed by atoms with van der Waals surface area (Å²) in [6.07, 6.45) is 6.18. The molecule has 0 aliphatic heterocycles. The lowest BCUT2D eigenvalue weighted by Crippen LogP contribution is -2.22. The van der Waals surface area contributed by atoms with E-state index in [1.807, 2.05) is 12.1 Å². The van der Waals surface area contributed by atoms with Gasteiger partial charge in [0, 0.05) is 0 Å². The van der Waals surface area contributed by atoms with Crippen molar-refractivity contribution in [1.82, 2.24) is 0 Å². The van der Waals surface area contributed by atoms with Crippen LogP contribution < -0.4 is 14.2 Å². The van der Waals surface area contributed by atoms with Crippen LogP contribution in [0.15, 0.2) is 30.3 Å². The zero-order chi connectivity index (χ0) is 25.2. The molecule has 3 rings (SSSR count). The number of benzene rings is 2. The van der Waals surface area contributed by atoms with Crippen molar-refractivity contribution < 1.29 is 39.4 Å². The van der Waals surface area contributed by atoms with Crippen molar-refractivity contribution in [2.24, 2.45) is 0 Å². The molecule has 8 nitrogen and oxygen atoms in total. The van der Waals surface area contributed by atoms with Gasteiger partial charge >= 0.3 is 0 Å². The molecule has 8 heteroatoms. The summed E-state index contributed by atoms with van der Waals surface area (Å²) in [5, 5.41) is 40.2. The summed E-state index contributed by atoms with van der Waals surface area (Å²) in [5.74, 6) is 1.23. The van der Waals surface area contributed by atoms with E-state index in [0.717, 1.165) is 36.8 Å². The lowest BCUT2D eigenvalue weighted by molar-refractivity contribution is -0.0690. The van der Waals surface area contributed by atoms with E-state index >= 15 is 0 Å². The van der Waals surface area contributed by atoms with E-state index < -0.39 is 12.9 Å². The molecule has 1 saturated carbocycles. The minimum Gasteiger partial charge on any atom is -0.504 e. The van der Waals surface area contributed by atoms with Gasteiger partial charge in [-0.05, 0) is 93.2 Å². The van der Waals surface area contributed by atoms with Crippen LogP contribution in [0.5, 0.6) is 28.7 Å². The summed E-state index contributed by atoms with van der Waals surface area (Å²) in [5.41, 5.74) is 1.87. The number of aryl methyl sites for hydroxylation is 2. The Morgan fingerprint density at radius 2 is 1.51 bits per heavy atom. The standard InChI is InChI=1S/C27H38O8/c1-32-25-14-19(15-26(33-2)27(25)31)7-10-20(29)16-22(34-17-28)11-8-18-9-12-23(30)24(13-18)35-21-5-3-4-6-21/h9,12-15,20-22,28-31H,3-8,10-11,16-17H2,1-2H3. The normalized spacial score (nSPS) is 15.7. The SMILES string of the molecule is COc1cc(CCC(O)CC(CCc2ccc(O)c(OC3CCCC3)c2)OCO)cc(OC)c1O. The van der Waals surface area contributed by atoms with Gasteiger partial charge in [0.1, 0.15) is 6.79 Å². The van der Waals surface area contributed by atoms with E-state index in [-0.39, 0.29) is 23.7 Å². The Balaban J connectivity index is 1.53. The van der Waals surface area contributed by atoms with Crippen molar-refractivity contribution >= 4 is 0 Å². The number of ether oxygens (including phenoxy) is 4. The molecule has 2 unspecified atom stereocenters. The average Bonchev–Trinajstić information content (AvgIpc) is 3.37. The quantitative estimate of drug-likeness (QED) is 0.293. The highest BCUT2D eigenvalue weighted by Crippen LogP contribution is 2.37. The average molecular weight is 491 g/mol. The second-order valence-electron chi connectivity index (χ2n) is 9.06. The van der Waals surface area contributed by atoms with E-state index in [0.29, 0.717) is 49.4 Å². The fraction of sp³-hybridized carbons (Fsp3) is 0.556. The predicted octanol–water partition coefficient (Wildman–Crippen LogP) is 4.09. The van der Waals surface area contributed by atoms with Gasteiger partial charge in [-0.25, -0.2) is 0 Å². The molecule has 0 aromatic heterocycles. The molecule has 2 aromatic carbocycles. The molecule has 0 amide bonds. The van der Waals surface area contributed by atoms with Crippen molar-refractivity contribution in [1.29, 1.82) is 0 Å². The van der Waals surface area contributed by atoms with Crippen LogP contribution in [-0.4, -0.2) is 59.8 Å². The summed E-state index contributed by atoms with van der Waals surface area (Å²) >= 11 is 0. The Kier molecular flexibility index (Phi) is 10.3. The monoisotopic (exact) mass is 490 g/mol. The van der Waals surface area contributed by atoms with Crippen LogP contribution in [0.2, 0.25) is 0 Å². The zero-order valence-electron chi connectivity index (χ0n) is 20.6. The molecule has 0 radical (unpaired) electrons. The van der Waals surface area contributed by atoms with Crippen molar-refractivity contribution in [2.45, 2.75) is 76.1 Å². The number of phenols is 2. The third-order valence-electron chi connectivity index (χ3n) is 6.53.